The molecule has 0 saturated carbocycles. The number of aromatic nitrogens is 2. The number of hydrazine groups is 1. The van der Waals surface area contributed by atoms with Crippen molar-refractivity contribution in [2.24, 2.45) is 0 Å². The van der Waals surface area contributed by atoms with Gasteiger partial charge in [-0.25, -0.2) is 10.4 Å². The second kappa shape index (κ2) is 2.81. The number of nitrogens with one attached hydrogen (secondary N) is 2. The van der Waals surface area contributed by atoms with Crippen LogP contribution in [-0.4, -0.2) is 16.5 Å². The second-order valence-electron chi connectivity index (χ2n) is 2.19. The summed E-state index contributed by atoms with van der Waals surface area (Å²) in [7, 11) is 0. The van der Waals surface area contributed by atoms with Crippen molar-refractivity contribution < 1.29 is 4.84 Å². The van der Waals surface area contributed by atoms with E-state index >= 15 is 0 Å². The van der Waals surface area contributed by atoms with E-state index in [2.05, 4.69) is 21.0 Å². The molecule has 58 valence electrons. The van der Waals surface area contributed by atoms with Crippen molar-refractivity contribution in [1.82, 2.24) is 21.0 Å². The minimum absolute atomic E-state index is 0.553. The van der Waals surface area contributed by atoms with E-state index in [1.54, 1.807) is 12.4 Å². The molecule has 0 saturated heterocycles. The predicted molar refractivity (Wildman–Crippen MR) is 37.5 cm³/mol. The first-order chi connectivity index (χ1) is 5.47. The van der Waals surface area contributed by atoms with Gasteiger partial charge in [-0.05, 0) is 0 Å². The first-order valence-electron chi connectivity index (χ1n) is 3.41. The van der Waals surface area contributed by atoms with Crippen LogP contribution in [0.5, 0.6) is 5.88 Å². The van der Waals surface area contributed by atoms with Gasteiger partial charge in [0, 0.05) is 25.4 Å². The molecule has 1 aliphatic rings. The van der Waals surface area contributed by atoms with Crippen LogP contribution in [0, 0.1) is 0 Å². The van der Waals surface area contributed by atoms with Gasteiger partial charge in [0.05, 0.1) is 0 Å². The first kappa shape index (κ1) is 6.51. The van der Waals surface area contributed by atoms with Crippen LogP contribution in [0.25, 0.3) is 0 Å². The first-order valence-corrected chi connectivity index (χ1v) is 3.41. The van der Waals surface area contributed by atoms with E-state index in [-0.39, 0.29) is 0 Å². The van der Waals surface area contributed by atoms with Crippen LogP contribution in [0.2, 0.25) is 0 Å². The summed E-state index contributed by atoms with van der Waals surface area (Å²) < 4.78 is 0. The molecule has 2 rings (SSSR count). The molecule has 1 aromatic heterocycles. The molecule has 5 nitrogen and oxygen atoms in total. The number of rotatable bonds is 0. The van der Waals surface area contributed by atoms with Crippen LogP contribution >= 0.6 is 0 Å². The lowest BCUT2D eigenvalue weighted by Gasteiger charge is -2.01. The summed E-state index contributed by atoms with van der Waals surface area (Å²) in [6.45, 7) is 0.797. The quantitative estimate of drug-likeness (QED) is 0.521. The van der Waals surface area contributed by atoms with Crippen molar-refractivity contribution in [1.29, 1.82) is 0 Å². The molecular formula is C6H8N4O. The van der Waals surface area contributed by atoms with Crippen LogP contribution in [0.4, 0.5) is 0 Å². The standard InChI is InChI=1S/C6H8N4O/c1-2-9-10-11-6-5(1)7-3-4-8-6/h3-4,9-10H,1-2H2. The SMILES string of the molecule is c1cnc2c(n1)CCNNO2. The Kier molecular flexibility index (Phi) is 1.66. The molecule has 0 unspecified atom stereocenters. The van der Waals surface area contributed by atoms with Crippen molar-refractivity contribution in [3.63, 3.8) is 0 Å². The summed E-state index contributed by atoms with van der Waals surface area (Å²) in [6.07, 6.45) is 4.09. The van der Waals surface area contributed by atoms with Crippen molar-refractivity contribution in [2.45, 2.75) is 6.42 Å². The molecule has 0 radical (unpaired) electrons. The molecule has 2 heterocycles. The van der Waals surface area contributed by atoms with Gasteiger partial charge in [-0.15, -0.1) is 0 Å². The molecule has 2 N–H and O–H groups in total. The molecule has 0 bridgehead atoms. The van der Waals surface area contributed by atoms with E-state index < -0.39 is 0 Å². The topological polar surface area (TPSA) is 59.1 Å². The van der Waals surface area contributed by atoms with E-state index in [4.69, 9.17) is 4.84 Å². The average molecular weight is 152 g/mol. The Labute approximate surface area is 63.7 Å². The third-order valence-electron chi connectivity index (χ3n) is 1.44. The highest BCUT2D eigenvalue weighted by Gasteiger charge is 2.08. The Morgan fingerprint density at radius 2 is 2.27 bits per heavy atom. The zero-order valence-electron chi connectivity index (χ0n) is 5.87. The second-order valence-corrected chi connectivity index (χ2v) is 2.19. The average Bonchev–Trinajstić information content (AvgIpc) is 2.28. The van der Waals surface area contributed by atoms with Gasteiger partial charge in [-0.1, -0.05) is 5.59 Å². The van der Waals surface area contributed by atoms with E-state index in [1.165, 1.54) is 0 Å². The molecule has 0 amide bonds. The highest BCUT2D eigenvalue weighted by atomic mass is 16.7. The smallest absolute Gasteiger partial charge is 0.261 e. The van der Waals surface area contributed by atoms with Crippen LogP contribution in [0.3, 0.4) is 0 Å². The van der Waals surface area contributed by atoms with Crippen molar-refractivity contribution >= 4 is 0 Å². The predicted octanol–water partition coefficient (Wildman–Crippen LogP) is -0.579. The number of nitrogens with zero attached hydrogens (tertiary/aromatic N) is 2. The molecule has 1 aromatic rings. The summed E-state index contributed by atoms with van der Waals surface area (Å²) in [4.78, 5) is 13.1. The molecular weight excluding hydrogens is 144 g/mol. The minimum atomic E-state index is 0.553. The van der Waals surface area contributed by atoms with Gasteiger partial charge in [0.15, 0.2) is 0 Å². The third-order valence-corrected chi connectivity index (χ3v) is 1.44. The summed E-state index contributed by atoms with van der Waals surface area (Å²) in [5.41, 5.74) is 6.27. The monoisotopic (exact) mass is 152 g/mol. The highest BCUT2D eigenvalue weighted by Crippen LogP contribution is 2.11. The van der Waals surface area contributed by atoms with Gasteiger partial charge in [0.1, 0.15) is 5.69 Å². The van der Waals surface area contributed by atoms with Crippen LogP contribution < -0.4 is 15.9 Å². The van der Waals surface area contributed by atoms with Crippen LogP contribution in [0.15, 0.2) is 12.4 Å². The van der Waals surface area contributed by atoms with Crippen molar-refractivity contribution in [3.8, 4) is 5.88 Å². The maximum atomic E-state index is 5.01. The molecule has 0 aromatic carbocycles. The van der Waals surface area contributed by atoms with E-state index in [0.717, 1.165) is 18.7 Å². The Balaban J connectivity index is 2.33. The fourth-order valence-electron chi connectivity index (χ4n) is 0.927. The zero-order valence-corrected chi connectivity index (χ0v) is 5.87. The lowest BCUT2D eigenvalue weighted by Crippen LogP contribution is -2.33. The van der Waals surface area contributed by atoms with E-state index in [9.17, 15) is 0 Å². The number of fused-ring (bicyclic) bond motifs is 1. The Morgan fingerprint density at radius 3 is 3.27 bits per heavy atom. The summed E-state index contributed by atoms with van der Waals surface area (Å²) in [6, 6.07) is 0. The Hall–Kier alpha value is -1.20. The molecule has 0 atom stereocenters. The van der Waals surface area contributed by atoms with E-state index in [1.807, 2.05) is 0 Å². The number of hydrogen-bond donors (Lipinski definition) is 2. The maximum Gasteiger partial charge on any atom is 0.261 e. The lowest BCUT2D eigenvalue weighted by atomic mass is 10.3. The van der Waals surface area contributed by atoms with Gasteiger partial charge in [0.25, 0.3) is 5.88 Å². The molecule has 0 aliphatic carbocycles. The van der Waals surface area contributed by atoms with Gasteiger partial charge >= 0.3 is 0 Å². The van der Waals surface area contributed by atoms with E-state index in [0.29, 0.717) is 5.88 Å². The third kappa shape index (κ3) is 1.28. The summed E-state index contributed by atoms with van der Waals surface area (Å²) in [5, 5.41) is 0. The molecule has 0 fully saturated rings. The van der Waals surface area contributed by atoms with Gasteiger partial charge in [-0.3, -0.25) is 4.98 Å². The fourth-order valence-corrected chi connectivity index (χ4v) is 0.927. The highest BCUT2D eigenvalue weighted by molar-refractivity contribution is 5.17. The normalized spacial score (nSPS) is 16.4. The minimum Gasteiger partial charge on any atom is -0.372 e. The maximum absolute atomic E-state index is 5.01. The van der Waals surface area contributed by atoms with Gasteiger partial charge in [-0.2, -0.15) is 0 Å². The summed E-state index contributed by atoms with van der Waals surface area (Å²) >= 11 is 0. The van der Waals surface area contributed by atoms with Crippen molar-refractivity contribution in [2.75, 3.05) is 6.54 Å². The summed E-state index contributed by atoms with van der Waals surface area (Å²) in [5.74, 6) is 0.553. The van der Waals surface area contributed by atoms with Crippen LogP contribution in [0.1, 0.15) is 5.69 Å². The van der Waals surface area contributed by atoms with Gasteiger partial charge < -0.3 is 4.84 Å². The zero-order chi connectivity index (χ0) is 7.52. The fraction of sp³-hybridized carbons (Fsp3) is 0.333. The molecule has 1 aliphatic heterocycles. The van der Waals surface area contributed by atoms with Crippen molar-refractivity contribution in [3.05, 3.63) is 18.1 Å². The molecule has 5 heteroatoms. The van der Waals surface area contributed by atoms with Gasteiger partial charge in [0.2, 0.25) is 0 Å². The molecule has 0 spiro atoms. The Bertz CT molecular complexity index is 227. The largest absolute Gasteiger partial charge is 0.372 e. The number of hydrogen-bond acceptors (Lipinski definition) is 5. The lowest BCUT2D eigenvalue weighted by molar-refractivity contribution is 0.150. The Morgan fingerprint density at radius 1 is 1.36 bits per heavy atom. The molecule has 11 heavy (non-hydrogen) atoms. The van der Waals surface area contributed by atoms with Crippen LogP contribution in [-0.2, 0) is 6.42 Å².